The van der Waals surface area contributed by atoms with Crippen LogP contribution in [0.2, 0.25) is 0 Å². The Bertz CT molecular complexity index is 1150. The molecule has 0 N–H and O–H groups in total. The number of carbonyl (C=O) groups is 2. The predicted molar refractivity (Wildman–Crippen MR) is 119 cm³/mol. The monoisotopic (exact) mass is 438 g/mol. The summed E-state index contributed by atoms with van der Waals surface area (Å²) >= 11 is 0. The molecule has 2 aromatic rings. The van der Waals surface area contributed by atoms with E-state index in [-0.39, 0.29) is 34.1 Å². The van der Waals surface area contributed by atoms with Crippen LogP contribution >= 0.6 is 0 Å². The molecule has 1 fully saturated rings. The lowest BCUT2D eigenvalue weighted by Crippen LogP contribution is -2.43. The molecule has 6 nitrogen and oxygen atoms in total. The van der Waals surface area contributed by atoms with E-state index in [1.165, 1.54) is 10.4 Å². The van der Waals surface area contributed by atoms with Crippen molar-refractivity contribution in [3.63, 3.8) is 0 Å². The van der Waals surface area contributed by atoms with Crippen LogP contribution in [0.1, 0.15) is 53.0 Å². The summed E-state index contributed by atoms with van der Waals surface area (Å²) in [5.74, 6) is -0.991. The lowest BCUT2D eigenvalue weighted by molar-refractivity contribution is 0.0952. The number of allylic oxidation sites excluding steroid dienone is 2. The van der Waals surface area contributed by atoms with Crippen LogP contribution in [0.15, 0.2) is 65.2 Å². The van der Waals surface area contributed by atoms with Crippen LogP contribution in [0.5, 0.6) is 0 Å². The summed E-state index contributed by atoms with van der Waals surface area (Å²) in [4.78, 5) is 28.3. The Morgan fingerprint density at radius 1 is 0.871 bits per heavy atom. The molecule has 0 radical (unpaired) electrons. The Hall–Kier alpha value is -2.77. The first-order valence-electron chi connectivity index (χ1n) is 10.6. The molecule has 1 aliphatic carbocycles. The van der Waals surface area contributed by atoms with Crippen molar-refractivity contribution in [1.29, 1.82) is 0 Å². The second-order valence-electron chi connectivity index (χ2n) is 8.21. The number of sulfonamides is 1. The average molecular weight is 439 g/mol. The largest absolute Gasteiger partial charge is 0.367 e. The normalized spacial score (nSPS) is 17.1. The molecule has 2 aromatic carbocycles. The molecule has 2 aliphatic rings. The standard InChI is InChI=1S/C24H26N2O4S/c1-17(2)26(16-18-10-4-3-5-11-18)31(29,30)24-21(25-14-8-9-15-25)22(27)19-12-6-7-13-20(19)23(24)28/h3-7,10-13,17H,8-9,14-16H2,1-2H3. The average Bonchev–Trinajstić information content (AvgIpc) is 3.29. The van der Waals surface area contributed by atoms with Crippen LogP contribution in [-0.4, -0.2) is 48.3 Å². The van der Waals surface area contributed by atoms with Crippen molar-refractivity contribution >= 4 is 21.6 Å². The zero-order valence-electron chi connectivity index (χ0n) is 17.7. The Balaban J connectivity index is 1.88. The number of benzene rings is 2. The first kappa shape index (κ1) is 21.5. The molecule has 0 spiro atoms. The van der Waals surface area contributed by atoms with Crippen molar-refractivity contribution < 1.29 is 18.0 Å². The van der Waals surface area contributed by atoms with E-state index < -0.39 is 21.8 Å². The molecule has 0 saturated carbocycles. The summed E-state index contributed by atoms with van der Waals surface area (Å²) in [5.41, 5.74) is 1.27. The van der Waals surface area contributed by atoms with Crippen molar-refractivity contribution in [3.8, 4) is 0 Å². The van der Waals surface area contributed by atoms with Gasteiger partial charge in [0.25, 0.3) is 0 Å². The molecular formula is C24H26N2O4S. The maximum absolute atomic E-state index is 13.9. The van der Waals surface area contributed by atoms with Gasteiger partial charge in [0.05, 0.1) is 0 Å². The fourth-order valence-electron chi connectivity index (χ4n) is 4.23. The van der Waals surface area contributed by atoms with E-state index in [4.69, 9.17) is 0 Å². The molecule has 0 amide bonds. The number of carbonyl (C=O) groups excluding carboxylic acids is 2. The second-order valence-corrected chi connectivity index (χ2v) is 10.0. The summed E-state index contributed by atoms with van der Waals surface area (Å²) in [5, 5.41) is 0. The number of rotatable bonds is 6. The van der Waals surface area contributed by atoms with E-state index in [1.807, 2.05) is 30.3 Å². The molecular weight excluding hydrogens is 412 g/mol. The van der Waals surface area contributed by atoms with Gasteiger partial charge in [-0.2, -0.15) is 4.31 Å². The lowest BCUT2D eigenvalue weighted by atomic mass is 9.92. The van der Waals surface area contributed by atoms with Crippen LogP contribution in [0.25, 0.3) is 0 Å². The summed E-state index contributed by atoms with van der Waals surface area (Å²) in [6.07, 6.45) is 1.72. The van der Waals surface area contributed by atoms with E-state index in [0.29, 0.717) is 13.1 Å². The Morgan fingerprint density at radius 2 is 1.42 bits per heavy atom. The Kier molecular flexibility index (Phi) is 5.81. The van der Waals surface area contributed by atoms with Gasteiger partial charge in [0.1, 0.15) is 5.70 Å². The predicted octanol–water partition coefficient (Wildman–Crippen LogP) is 3.61. The van der Waals surface area contributed by atoms with Gasteiger partial charge in [0.2, 0.25) is 21.6 Å². The van der Waals surface area contributed by atoms with Gasteiger partial charge in [-0.25, -0.2) is 8.42 Å². The first-order valence-corrected chi connectivity index (χ1v) is 12.0. The first-order chi connectivity index (χ1) is 14.8. The number of ketones is 2. The van der Waals surface area contributed by atoms with E-state index in [9.17, 15) is 18.0 Å². The molecule has 1 saturated heterocycles. The third-order valence-corrected chi connectivity index (χ3v) is 7.86. The quantitative estimate of drug-likeness (QED) is 0.689. The van der Waals surface area contributed by atoms with Gasteiger partial charge < -0.3 is 4.90 Å². The molecule has 1 aliphatic heterocycles. The molecule has 7 heteroatoms. The minimum absolute atomic E-state index is 0.0277. The van der Waals surface area contributed by atoms with E-state index >= 15 is 0 Å². The van der Waals surface area contributed by atoms with Crippen LogP contribution in [-0.2, 0) is 16.6 Å². The summed E-state index contributed by atoms with van der Waals surface area (Å²) in [7, 11) is -4.23. The number of nitrogens with zero attached hydrogens (tertiary/aromatic N) is 2. The zero-order valence-corrected chi connectivity index (χ0v) is 18.6. The summed E-state index contributed by atoms with van der Waals surface area (Å²) < 4.78 is 29.2. The van der Waals surface area contributed by atoms with E-state index in [1.54, 1.807) is 36.9 Å². The zero-order chi connectivity index (χ0) is 22.2. The van der Waals surface area contributed by atoms with Crippen LogP contribution in [0.3, 0.4) is 0 Å². The van der Waals surface area contributed by atoms with Crippen molar-refractivity contribution in [3.05, 3.63) is 81.9 Å². The maximum atomic E-state index is 13.9. The minimum atomic E-state index is -4.23. The van der Waals surface area contributed by atoms with Gasteiger partial charge in [-0.1, -0.05) is 54.6 Å². The minimum Gasteiger partial charge on any atom is -0.367 e. The van der Waals surface area contributed by atoms with Crippen LogP contribution < -0.4 is 0 Å². The van der Waals surface area contributed by atoms with Crippen molar-refractivity contribution in [2.75, 3.05) is 13.1 Å². The molecule has 1 heterocycles. The number of likely N-dealkylation sites (tertiary alicyclic amines) is 1. The lowest BCUT2D eigenvalue weighted by Gasteiger charge is -2.32. The highest BCUT2D eigenvalue weighted by atomic mass is 32.2. The molecule has 162 valence electrons. The fraction of sp³-hybridized carbons (Fsp3) is 0.333. The topological polar surface area (TPSA) is 74.8 Å². The highest BCUT2D eigenvalue weighted by molar-refractivity contribution is 7.94. The summed E-state index contributed by atoms with van der Waals surface area (Å²) in [6.45, 7) is 4.81. The molecule has 31 heavy (non-hydrogen) atoms. The highest BCUT2D eigenvalue weighted by Crippen LogP contribution is 2.35. The molecule has 0 aromatic heterocycles. The van der Waals surface area contributed by atoms with E-state index in [0.717, 1.165) is 18.4 Å². The summed E-state index contributed by atoms with van der Waals surface area (Å²) in [6, 6.07) is 15.3. The fourth-order valence-corrected chi connectivity index (χ4v) is 6.15. The van der Waals surface area contributed by atoms with Gasteiger partial charge in [-0.3, -0.25) is 9.59 Å². The Labute approximate surface area is 183 Å². The number of fused-ring (bicyclic) bond motifs is 1. The maximum Gasteiger partial charge on any atom is 0.249 e. The smallest absolute Gasteiger partial charge is 0.249 e. The van der Waals surface area contributed by atoms with Crippen molar-refractivity contribution in [1.82, 2.24) is 9.21 Å². The van der Waals surface area contributed by atoms with Gasteiger partial charge in [0.15, 0.2) is 4.91 Å². The highest BCUT2D eigenvalue weighted by Gasteiger charge is 2.44. The van der Waals surface area contributed by atoms with Crippen molar-refractivity contribution in [2.45, 2.75) is 39.3 Å². The molecule has 0 atom stereocenters. The SMILES string of the molecule is CC(C)N(Cc1ccccc1)S(=O)(=O)C1=C(N2CCCC2)C(=O)c2ccccc2C1=O. The van der Waals surface area contributed by atoms with Gasteiger partial charge in [-0.15, -0.1) is 0 Å². The van der Waals surface area contributed by atoms with Gasteiger partial charge in [0, 0.05) is 36.8 Å². The number of hydrogen-bond donors (Lipinski definition) is 0. The third-order valence-electron chi connectivity index (χ3n) is 5.80. The van der Waals surface area contributed by atoms with Gasteiger partial charge >= 0.3 is 0 Å². The van der Waals surface area contributed by atoms with Crippen LogP contribution in [0, 0.1) is 0 Å². The molecule has 4 rings (SSSR count). The van der Waals surface area contributed by atoms with E-state index in [2.05, 4.69) is 0 Å². The van der Waals surface area contributed by atoms with Crippen LogP contribution in [0.4, 0.5) is 0 Å². The third kappa shape index (κ3) is 3.83. The second kappa shape index (κ2) is 8.40. The molecule has 0 unspecified atom stereocenters. The Morgan fingerprint density at radius 3 is 2.00 bits per heavy atom. The number of hydrogen-bond acceptors (Lipinski definition) is 5. The van der Waals surface area contributed by atoms with Gasteiger partial charge in [-0.05, 0) is 32.3 Å². The molecule has 0 bridgehead atoms. The van der Waals surface area contributed by atoms with Crippen molar-refractivity contribution in [2.24, 2.45) is 0 Å². The number of Topliss-reactive ketones (excluding diaryl/α,β-unsaturated/α-hetero) is 2.